The molecule has 3 aromatic heterocycles. The summed E-state index contributed by atoms with van der Waals surface area (Å²) in [7, 11) is 0. The van der Waals surface area contributed by atoms with E-state index in [2.05, 4.69) is 35.6 Å². The van der Waals surface area contributed by atoms with Crippen LogP contribution in [0.25, 0.3) is 5.82 Å². The maximum Gasteiger partial charge on any atom is 0.258 e. The Labute approximate surface area is 212 Å². The predicted octanol–water partition coefficient (Wildman–Crippen LogP) is 2.29. The van der Waals surface area contributed by atoms with E-state index in [9.17, 15) is 9.59 Å². The molecular weight excluding hydrogens is 476 g/mol. The summed E-state index contributed by atoms with van der Waals surface area (Å²) >= 11 is 0. The van der Waals surface area contributed by atoms with Crippen molar-refractivity contribution in [2.75, 3.05) is 47.4 Å². The highest BCUT2D eigenvalue weighted by molar-refractivity contribution is 6.04. The number of carbonyl (C=O) groups excluding carboxylic acids is 2. The van der Waals surface area contributed by atoms with E-state index < -0.39 is 0 Å². The van der Waals surface area contributed by atoms with Gasteiger partial charge < -0.3 is 30.6 Å². The number of hydrogen-bond acceptors (Lipinski definition) is 10. The molecule has 0 spiro atoms. The van der Waals surface area contributed by atoms with Crippen LogP contribution in [0.5, 0.6) is 0 Å². The highest BCUT2D eigenvalue weighted by Crippen LogP contribution is 2.21. The summed E-state index contributed by atoms with van der Waals surface area (Å²) in [4.78, 5) is 40.9. The number of carbonyl (C=O) groups is 2. The van der Waals surface area contributed by atoms with Crippen LogP contribution < -0.4 is 21.3 Å². The smallest absolute Gasteiger partial charge is 0.258 e. The van der Waals surface area contributed by atoms with E-state index in [-0.39, 0.29) is 17.8 Å². The number of furan rings is 1. The fourth-order valence-electron chi connectivity index (χ4n) is 4.00. The molecular formula is C24H26N10O3. The molecule has 190 valence electrons. The van der Waals surface area contributed by atoms with Crippen LogP contribution in [0.4, 0.5) is 29.1 Å². The van der Waals surface area contributed by atoms with Gasteiger partial charge in [-0.25, -0.2) is 9.97 Å². The third-order valence-electron chi connectivity index (χ3n) is 5.93. The zero-order valence-electron chi connectivity index (χ0n) is 20.2. The van der Waals surface area contributed by atoms with Gasteiger partial charge in [-0.2, -0.15) is 9.67 Å². The Morgan fingerprint density at radius 3 is 2.54 bits per heavy atom. The molecule has 13 heteroatoms. The molecule has 1 fully saturated rings. The number of aromatic nitrogens is 5. The van der Waals surface area contributed by atoms with Gasteiger partial charge in [0.2, 0.25) is 17.8 Å². The molecule has 1 saturated heterocycles. The van der Waals surface area contributed by atoms with Crippen LogP contribution in [0.15, 0.2) is 59.7 Å². The van der Waals surface area contributed by atoms with Crippen molar-refractivity contribution in [1.82, 2.24) is 29.6 Å². The first kappa shape index (κ1) is 23.8. The second kappa shape index (κ2) is 10.4. The minimum absolute atomic E-state index is 0.0780. The molecule has 13 nitrogen and oxygen atoms in total. The number of nitrogen functional groups attached to an aromatic ring is 1. The van der Waals surface area contributed by atoms with Crippen molar-refractivity contribution in [3.63, 3.8) is 0 Å². The van der Waals surface area contributed by atoms with Crippen LogP contribution in [0.2, 0.25) is 0 Å². The first-order chi connectivity index (χ1) is 18.0. The Morgan fingerprint density at radius 2 is 1.78 bits per heavy atom. The molecule has 1 aromatic carbocycles. The van der Waals surface area contributed by atoms with Gasteiger partial charge in [0.05, 0.1) is 11.8 Å². The zero-order chi connectivity index (χ0) is 25.8. The number of anilines is 5. The van der Waals surface area contributed by atoms with Gasteiger partial charge in [0.25, 0.3) is 5.91 Å². The highest BCUT2D eigenvalue weighted by atomic mass is 16.3. The third-order valence-corrected chi connectivity index (χ3v) is 5.93. The summed E-state index contributed by atoms with van der Waals surface area (Å²) in [6.45, 7) is 4.41. The normalized spacial score (nSPS) is 13.8. The quantitative estimate of drug-likeness (QED) is 0.357. The number of benzene rings is 1. The number of nitrogens with zero attached hydrogens (tertiary/aromatic N) is 7. The van der Waals surface area contributed by atoms with Gasteiger partial charge in [0.1, 0.15) is 18.4 Å². The van der Waals surface area contributed by atoms with E-state index in [1.165, 1.54) is 23.5 Å². The first-order valence-electron chi connectivity index (χ1n) is 11.7. The Morgan fingerprint density at radius 1 is 1.00 bits per heavy atom. The minimum atomic E-state index is -0.261. The Hall–Kier alpha value is -4.94. The lowest BCUT2D eigenvalue weighted by molar-refractivity contribution is -0.128. The number of amides is 2. The molecule has 4 aromatic rings. The van der Waals surface area contributed by atoms with Gasteiger partial charge in [0.15, 0.2) is 5.82 Å². The zero-order valence-corrected chi connectivity index (χ0v) is 20.2. The van der Waals surface area contributed by atoms with Crippen molar-refractivity contribution in [3.05, 3.63) is 60.8 Å². The molecule has 0 bridgehead atoms. The van der Waals surface area contributed by atoms with Crippen LogP contribution >= 0.6 is 0 Å². The van der Waals surface area contributed by atoms with Crippen LogP contribution in [0.3, 0.4) is 0 Å². The highest BCUT2D eigenvalue weighted by Gasteiger charge is 2.19. The summed E-state index contributed by atoms with van der Waals surface area (Å²) in [5, 5.41) is 10.3. The van der Waals surface area contributed by atoms with E-state index in [0.717, 1.165) is 25.3 Å². The van der Waals surface area contributed by atoms with Crippen molar-refractivity contribution in [2.45, 2.75) is 13.3 Å². The van der Waals surface area contributed by atoms with Gasteiger partial charge in [0, 0.05) is 50.5 Å². The molecule has 1 aliphatic rings. The lowest BCUT2D eigenvalue weighted by Crippen LogP contribution is -2.33. The fraction of sp³-hybridized carbons (Fsp3) is 0.250. The molecule has 2 amide bonds. The molecule has 0 aliphatic carbocycles. The Bertz CT molecular complexity index is 1380. The van der Waals surface area contributed by atoms with E-state index in [4.69, 9.17) is 10.2 Å². The summed E-state index contributed by atoms with van der Waals surface area (Å²) in [6.07, 6.45) is 5.14. The van der Waals surface area contributed by atoms with Crippen LogP contribution in [-0.2, 0) is 4.79 Å². The van der Waals surface area contributed by atoms with Crippen molar-refractivity contribution >= 4 is 40.9 Å². The summed E-state index contributed by atoms with van der Waals surface area (Å²) in [5.41, 5.74) is 7.91. The summed E-state index contributed by atoms with van der Waals surface area (Å²) in [6, 6.07) is 10.5. The largest absolute Gasteiger partial charge is 0.472 e. The van der Waals surface area contributed by atoms with Crippen molar-refractivity contribution < 1.29 is 14.0 Å². The predicted molar refractivity (Wildman–Crippen MR) is 137 cm³/mol. The lowest BCUT2D eigenvalue weighted by atomic mass is 10.2. The first-order valence-corrected chi connectivity index (χ1v) is 11.7. The molecule has 0 saturated carbocycles. The van der Waals surface area contributed by atoms with Crippen LogP contribution in [0.1, 0.15) is 23.7 Å². The molecule has 1 aliphatic heterocycles. The van der Waals surface area contributed by atoms with Gasteiger partial charge in [-0.1, -0.05) is 0 Å². The molecule has 0 radical (unpaired) electrons. The van der Waals surface area contributed by atoms with E-state index in [1.807, 2.05) is 4.90 Å². The van der Waals surface area contributed by atoms with Crippen molar-refractivity contribution in [2.24, 2.45) is 0 Å². The van der Waals surface area contributed by atoms with Crippen molar-refractivity contribution in [3.8, 4) is 5.82 Å². The number of hydrogen-bond donors (Lipinski definition) is 3. The summed E-state index contributed by atoms with van der Waals surface area (Å²) < 4.78 is 6.37. The van der Waals surface area contributed by atoms with Gasteiger partial charge in [-0.05, 0) is 36.8 Å². The van der Waals surface area contributed by atoms with E-state index in [1.54, 1.807) is 43.3 Å². The molecule has 5 rings (SSSR count). The summed E-state index contributed by atoms with van der Waals surface area (Å²) in [5.74, 6) is 1.48. The Kier molecular flexibility index (Phi) is 6.66. The molecule has 0 unspecified atom stereocenters. The van der Waals surface area contributed by atoms with E-state index >= 15 is 0 Å². The SMILES string of the molecule is CC(=O)N1CCCN(c2cc(-n3nc(Nc4ccc(NC(=O)c5ccoc5)cc4)nc3N)ncn2)CC1. The fourth-order valence-corrected chi connectivity index (χ4v) is 4.00. The monoisotopic (exact) mass is 502 g/mol. The Balaban J connectivity index is 1.26. The maximum absolute atomic E-state index is 12.2. The standard InChI is InChI=1S/C24H26N10O3/c1-16(35)32-8-2-9-33(11-10-32)20-13-21(27-15-26-20)34-23(25)30-24(31-34)29-19-5-3-18(4-6-19)28-22(36)17-7-12-37-14-17/h3-7,12-15H,2,8-11H2,1H3,(H,28,36)(H3,25,29,30,31). The van der Waals surface area contributed by atoms with E-state index in [0.29, 0.717) is 41.8 Å². The molecule has 4 heterocycles. The van der Waals surface area contributed by atoms with Gasteiger partial charge in [-0.3, -0.25) is 9.59 Å². The van der Waals surface area contributed by atoms with Crippen LogP contribution in [-0.4, -0.2) is 67.6 Å². The molecule has 4 N–H and O–H groups in total. The minimum Gasteiger partial charge on any atom is -0.472 e. The van der Waals surface area contributed by atoms with Crippen molar-refractivity contribution in [1.29, 1.82) is 0 Å². The number of nitrogens with one attached hydrogen (secondary N) is 2. The second-order valence-corrected chi connectivity index (χ2v) is 8.45. The lowest BCUT2D eigenvalue weighted by Gasteiger charge is -2.22. The molecule has 37 heavy (non-hydrogen) atoms. The number of rotatable bonds is 6. The average molecular weight is 503 g/mol. The van der Waals surface area contributed by atoms with Crippen LogP contribution in [0, 0.1) is 0 Å². The topological polar surface area (TPSA) is 160 Å². The second-order valence-electron chi connectivity index (χ2n) is 8.45. The van der Waals surface area contributed by atoms with Gasteiger partial charge >= 0.3 is 0 Å². The number of nitrogens with two attached hydrogens (primary N) is 1. The molecule has 0 atom stereocenters. The maximum atomic E-state index is 12.2. The average Bonchev–Trinajstić information content (AvgIpc) is 3.49. The third kappa shape index (κ3) is 5.50. The van der Waals surface area contributed by atoms with Gasteiger partial charge in [-0.15, -0.1) is 5.10 Å².